The van der Waals surface area contributed by atoms with Crippen molar-refractivity contribution < 1.29 is 19.1 Å². The molecule has 0 atom stereocenters. The van der Waals surface area contributed by atoms with Crippen LogP contribution in [0.1, 0.15) is 25.3 Å². The van der Waals surface area contributed by atoms with Crippen molar-refractivity contribution in [1.29, 1.82) is 0 Å². The maximum Gasteiger partial charge on any atom is 0.258 e. The van der Waals surface area contributed by atoms with Gasteiger partial charge in [-0.1, -0.05) is 38.1 Å². The zero-order valence-electron chi connectivity index (χ0n) is 15.2. The Balaban J connectivity index is 1.75. The van der Waals surface area contributed by atoms with E-state index in [1.165, 1.54) is 12.7 Å². The van der Waals surface area contributed by atoms with E-state index in [0.29, 0.717) is 23.1 Å². The Morgan fingerprint density at radius 3 is 2.23 bits per heavy atom. The highest BCUT2D eigenvalue weighted by atomic mass is 16.5. The first-order valence-electron chi connectivity index (χ1n) is 8.42. The molecule has 0 radical (unpaired) electrons. The minimum atomic E-state index is -0.388. The number of benzene rings is 2. The van der Waals surface area contributed by atoms with Crippen LogP contribution in [0.5, 0.6) is 11.5 Å². The van der Waals surface area contributed by atoms with Crippen molar-refractivity contribution in [2.75, 3.05) is 25.6 Å². The van der Waals surface area contributed by atoms with Crippen molar-refractivity contribution in [2.24, 2.45) is 0 Å². The lowest BCUT2D eigenvalue weighted by Gasteiger charge is -2.11. The summed E-state index contributed by atoms with van der Waals surface area (Å²) < 4.78 is 10.6. The minimum Gasteiger partial charge on any atom is -0.493 e. The summed E-state index contributed by atoms with van der Waals surface area (Å²) in [6.45, 7) is 3.89. The lowest BCUT2D eigenvalue weighted by molar-refractivity contribution is -0.125. The fourth-order valence-electron chi connectivity index (χ4n) is 2.27. The van der Waals surface area contributed by atoms with E-state index >= 15 is 0 Å². The number of methoxy groups -OCH3 is 1. The number of hydrogen-bond donors (Lipinski definition) is 2. The largest absolute Gasteiger partial charge is 0.493 e. The quantitative estimate of drug-likeness (QED) is 0.762. The number of nitrogens with one attached hydrogen (secondary N) is 2. The molecule has 0 bridgehead atoms. The average molecular weight is 356 g/mol. The van der Waals surface area contributed by atoms with Gasteiger partial charge in [0.1, 0.15) is 0 Å². The predicted molar refractivity (Wildman–Crippen MR) is 101 cm³/mol. The molecule has 0 fully saturated rings. The second-order valence-electron chi connectivity index (χ2n) is 6.04. The zero-order valence-corrected chi connectivity index (χ0v) is 15.2. The van der Waals surface area contributed by atoms with Crippen molar-refractivity contribution in [3.8, 4) is 11.5 Å². The number of ether oxygens (including phenoxy) is 2. The molecule has 2 rings (SSSR count). The molecule has 26 heavy (non-hydrogen) atoms. The van der Waals surface area contributed by atoms with Crippen LogP contribution in [0.4, 0.5) is 5.69 Å². The molecule has 2 amide bonds. The maximum atomic E-state index is 11.9. The van der Waals surface area contributed by atoms with Crippen LogP contribution >= 0.6 is 0 Å². The Morgan fingerprint density at radius 2 is 1.62 bits per heavy atom. The number of carbonyl (C=O) groups excluding carboxylic acids is 2. The molecule has 0 aliphatic carbocycles. The maximum absolute atomic E-state index is 11.9. The number of para-hydroxylation sites is 2. The van der Waals surface area contributed by atoms with Gasteiger partial charge in [-0.25, -0.2) is 0 Å². The van der Waals surface area contributed by atoms with Gasteiger partial charge in [0.05, 0.1) is 13.7 Å². The third kappa shape index (κ3) is 5.81. The summed E-state index contributed by atoms with van der Waals surface area (Å²) in [6, 6.07) is 14.7. The molecule has 0 spiro atoms. The Morgan fingerprint density at radius 1 is 0.962 bits per heavy atom. The lowest BCUT2D eigenvalue weighted by atomic mass is 10.0. The fraction of sp³-hybridized carbons (Fsp3) is 0.300. The van der Waals surface area contributed by atoms with Crippen LogP contribution in [-0.2, 0) is 9.59 Å². The van der Waals surface area contributed by atoms with Gasteiger partial charge in [0.25, 0.3) is 5.91 Å². The van der Waals surface area contributed by atoms with Crippen molar-refractivity contribution in [1.82, 2.24) is 5.32 Å². The van der Waals surface area contributed by atoms with Crippen LogP contribution in [0.3, 0.4) is 0 Å². The van der Waals surface area contributed by atoms with Crippen molar-refractivity contribution in [3.63, 3.8) is 0 Å². The number of rotatable bonds is 8. The Bertz CT molecular complexity index is 742. The topological polar surface area (TPSA) is 76.7 Å². The molecule has 2 N–H and O–H groups in total. The second-order valence-corrected chi connectivity index (χ2v) is 6.04. The summed E-state index contributed by atoms with van der Waals surface area (Å²) in [5.74, 6) is 0.763. The number of amides is 2. The van der Waals surface area contributed by atoms with Gasteiger partial charge >= 0.3 is 0 Å². The summed E-state index contributed by atoms with van der Waals surface area (Å²) in [5, 5.41) is 5.26. The van der Waals surface area contributed by atoms with Gasteiger partial charge in [-0.15, -0.1) is 0 Å². The summed E-state index contributed by atoms with van der Waals surface area (Å²) >= 11 is 0. The van der Waals surface area contributed by atoms with Gasteiger partial charge < -0.3 is 20.1 Å². The SMILES string of the molecule is COc1ccccc1OCC(=O)NCC(=O)Nc1ccc(C(C)C)cc1. The van der Waals surface area contributed by atoms with Gasteiger partial charge in [-0.2, -0.15) is 0 Å². The van der Waals surface area contributed by atoms with Crippen LogP contribution in [0.25, 0.3) is 0 Å². The molecule has 2 aromatic carbocycles. The van der Waals surface area contributed by atoms with E-state index in [9.17, 15) is 9.59 Å². The molecule has 6 heteroatoms. The highest BCUT2D eigenvalue weighted by molar-refractivity contribution is 5.94. The van der Waals surface area contributed by atoms with Crippen molar-refractivity contribution in [3.05, 3.63) is 54.1 Å². The first kappa shape index (κ1) is 19.3. The molecule has 0 aromatic heterocycles. The van der Waals surface area contributed by atoms with E-state index in [1.807, 2.05) is 30.3 Å². The van der Waals surface area contributed by atoms with Crippen LogP contribution in [0.2, 0.25) is 0 Å². The molecular formula is C20H24N2O4. The molecule has 0 saturated heterocycles. The molecule has 2 aromatic rings. The lowest BCUT2D eigenvalue weighted by Crippen LogP contribution is -2.35. The molecular weight excluding hydrogens is 332 g/mol. The van der Waals surface area contributed by atoms with Gasteiger partial charge in [0.15, 0.2) is 18.1 Å². The smallest absolute Gasteiger partial charge is 0.258 e. The van der Waals surface area contributed by atoms with E-state index in [0.717, 1.165) is 0 Å². The third-order valence-corrected chi connectivity index (χ3v) is 3.74. The Kier molecular flexibility index (Phi) is 7.02. The number of hydrogen-bond acceptors (Lipinski definition) is 4. The molecule has 0 saturated carbocycles. The van der Waals surface area contributed by atoms with Gasteiger partial charge in [0, 0.05) is 5.69 Å². The number of carbonyl (C=O) groups is 2. The first-order chi connectivity index (χ1) is 12.5. The standard InChI is InChI=1S/C20H24N2O4/c1-14(2)15-8-10-16(11-9-15)22-19(23)12-21-20(24)13-26-18-7-5-4-6-17(18)25-3/h4-11,14H,12-13H2,1-3H3,(H,21,24)(H,22,23). The average Bonchev–Trinajstić information content (AvgIpc) is 2.65. The second kappa shape index (κ2) is 9.46. The minimum absolute atomic E-state index is 0.125. The fourth-order valence-corrected chi connectivity index (χ4v) is 2.27. The zero-order chi connectivity index (χ0) is 18.9. The molecule has 0 aliphatic rings. The van der Waals surface area contributed by atoms with E-state index in [2.05, 4.69) is 24.5 Å². The highest BCUT2D eigenvalue weighted by Crippen LogP contribution is 2.25. The number of anilines is 1. The summed E-state index contributed by atoms with van der Waals surface area (Å²) in [4.78, 5) is 23.8. The third-order valence-electron chi connectivity index (χ3n) is 3.74. The van der Waals surface area contributed by atoms with Crippen molar-refractivity contribution in [2.45, 2.75) is 19.8 Å². The Hall–Kier alpha value is -3.02. The van der Waals surface area contributed by atoms with Crippen LogP contribution in [-0.4, -0.2) is 32.1 Å². The summed E-state index contributed by atoms with van der Waals surface area (Å²) in [6.07, 6.45) is 0. The molecule has 0 unspecified atom stereocenters. The van der Waals surface area contributed by atoms with Crippen LogP contribution < -0.4 is 20.1 Å². The van der Waals surface area contributed by atoms with Gasteiger partial charge in [0.2, 0.25) is 5.91 Å². The Labute approximate surface area is 153 Å². The molecule has 138 valence electrons. The van der Waals surface area contributed by atoms with Crippen LogP contribution in [0.15, 0.2) is 48.5 Å². The van der Waals surface area contributed by atoms with Gasteiger partial charge in [-0.3, -0.25) is 9.59 Å². The normalized spacial score (nSPS) is 10.3. The highest BCUT2D eigenvalue weighted by Gasteiger charge is 2.09. The van der Waals surface area contributed by atoms with Gasteiger partial charge in [-0.05, 0) is 35.7 Å². The predicted octanol–water partition coefficient (Wildman–Crippen LogP) is 2.95. The summed E-state index contributed by atoms with van der Waals surface area (Å²) in [5.41, 5.74) is 1.89. The van der Waals surface area contributed by atoms with Crippen LogP contribution in [0, 0.1) is 0 Å². The molecule has 0 heterocycles. The van der Waals surface area contributed by atoms with E-state index in [4.69, 9.17) is 9.47 Å². The van der Waals surface area contributed by atoms with E-state index < -0.39 is 0 Å². The van der Waals surface area contributed by atoms with Crippen molar-refractivity contribution >= 4 is 17.5 Å². The molecule has 6 nitrogen and oxygen atoms in total. The summed E-state index contributed by atoms with van der Waals surface area (Å²) in [7, 11) is 1.53. The molecule has 0 aliphatic heterocycles. The van der Waals surface area contributed by atoms with E-state index in [-0.39, 0.29) is 25.0 Å². The monoisotopic (exact) mass is 356 g/mol. The first-order valence-corrected chi connectivity index (χ1v) is 8.42. The van der Waals surface area contributed by atoms with E-state index in [1.54, 1.807) is 18.2 Å².